The van der Waals surface area contributed by atoms with E-state index in [1.54, 1.807) is 0 Å². The molecule has 1 heterocycles. The van der Waals surface area contributed by atoms with Crippen LogP contribution in [-0.4, -0.2) is 21.4 Å². The summed E-state index contributed by atoms with van der Waals surface area (Å²) in [5.74, 6) is -4.50. The Hall–Kier alpha value is -3.72. The molecule has 1 aromatic heterocycles. The summed E-state index contributed by atoms with van der Waals surface area (Å²) in [6.07, 6.45) is -3.91. The fourth-order valence-electron chi connectivity index (χ4n) is 3.58. The van der Waals surface area contributed by atoms with Crippen molar-refractivity contribution >= 4 is 34.3 Å². The van der Waals surface area contributed by atoms with Crippen molar-refractivity contribution in [1.82, 2.24) is 4.57 Å². The van der Waals surface area contributed by atoms with Gasteiger partial charge in [-0.3, -0.25) is 4.79 Å². The van der Waals surface area contributed by atoms with Crippen molar-refractivity contribution in [3.05, 3.63) is 99.7 Å². The van der Waals surface area contributed by atoms with Gasteiger partial charge in [0.15, 0.2) is 5.78 Å². The summed E-state index contributed by atoms with van der Waals surface area (Å²) >= 11 is 5.93. The van der Waals surface area contributed by atoms with Crippen LogP contribution in [0.15, 0.2) is 60.8 Å². The lowest BCUT2D eigenvalue weighted by Gasteiger charge is -2.13. The minimum absolute atomic E-state index is 0.0130. The van der Waals surface area contributed by atoms with Crippen molar-refractivity contribution in [2.45, 2.75) is 6.18 Å². The number of aromatic carboxylic acids is 1. The van der Waals surface area contributed by atoms with E-state index in [2.05, 4.69) is 0 Å². The number of carboxylic acid groups (broad SMARTS) is 1. The molecule has 0 aliphatic carbocycles. The van der Waals surface area contributed by atoms with Crippen molar-refractivity contribution < 1.29 is 36.6 Å². The largest absolute Gasteiger partial charge is 0.478 e. The number of alkyl halides is 3. The third-order valence-corrected chi connectivity index (χ3v) is 5.34. The van der Waals surface area contributed by atoms with E-state index in [0.29, 0.717) is 6.07 Å². The molecule has 0 atom stereocenters. The minimum atomic E-state index is -4.91. The van der Waals surface area contributed by atoms with Gasteiger partial charge in [-0.1, -0.05) is 23.7 Å². The maximum Gasteiger partial charge on any atom is 0.417 e. The van der Waals surface area contributed by atoms with Crippen LogP contribution in [0.25, 0.3) is 16.6 Å². The highest BCUT2D eigenvalue weighted by Crippen LogP contribution is 2.38. The van der Waals surface area contributed by atoms with E-state index in [1.807, 2.05) is 0 Å². The number of hydrogen-bond acceptors (Lipinski definition) is 2. The van der Waals surface area contributed by atoms with E-state index in [9.17, 15) is 31.5 Å². The topological polar surface area (TPSA) is 59.3 Å². The Bertz CT molecular complexity index is 1440. The summed E-state index contributed by atoms with van der Waals surface area (Å²) in [7, 11) is 0. The summed E-state index contributed by atoms with van der Waals surface area (Å²) in [5.41, 5.74) is -3.22. The van der Waals surface area contributed by atoms with Gasteiger partial charge in [0.1, 0.15) is 11.6 Å². The van der Waals surface area contributed by atoms with Crippen molar-refractivity contribution in [2.24, 2.45) is 0 Å². The quantitative estimate of drug-likeness (QED) is 0.268. The third kappa shape index (κ3) is 3.84. The Morgan fingerprint density at radius 1 is 0.939 bits per heavy atom. The summed E-state index contributed by atoms with van der Waals surface area (Å²) in [6.45, 7) is 0. The van der Waals surface area contributed by atoms with Gasteiger partial charge in [-0.15, -0.1) is 0 Å². The first kappa shape index (κ1) is 22.5. The zero-order valence-corrected chi connectivity index (χ0v) is 17.0. The predicted molar refractivity (Wildman–Crippen MR) is 110 cm³/mol. The number of benzene rings is 3. The van der Waals surface area contributed by atoms with Crippen molar-refractivity contribution in [2.75, 3.05) is 0 Å². The zero-order valence-electron chi connectivity index (χ0n) is 16.3. The maximum atomic E-state index is 14.8. The van der Waals surface area contributed by atoms with Crippen LogP contribution < -0.4 is 0 Å². The minimum Gasteiger partial charge on any atom is -0.478 e. The SMILES string of the molecule is O=C(O)c1ccc(-n2cc(C(=O)c3c(Cl)cccc3C(F)(F)F)c3c(F)cccc32)c(F)c1. The molecule has 10 heteroatoms. The zero-order chi connectivity index (χ0) is 24.1. The number of rotatable bonds is 4. The number of carbonyl (C=O) groups is 2. The van der Waals surface area contributed by atoms with Crippen LogP contribution in [0.3, 0.4) is 0 Å². The Morgan fingerprint density at radius 3 is 2.27 bits per heavy atom. The average molecular weight is 480 g/mol. The second kappa shape index (κ2) is 8.00. The Kier molecular flexibility index (Phi) is 5.45. The molecule has 0 spiro atoms. The third-order valence-electron chi connectivity index (χ3n) is 5.02. The van der Waals surface area contributed by atoms with Gasteiger partial charge < -0.3 is 9.67 Å². The molecule has 4 rings (SSSR count). The average Bonchev–Trinajstić information content (AvgIpc) is 3.13. The first-order valence-electron chi connectivity index (χ1n) is 9.24. The highest BCUT2D eigenvalue weighted by Gasteiger charge is 2.37. The molecule has 0 saturated carbocycles. The van der Waals surface area contributed by atoms with E-state index >= 15 is 0 Å². The van der Waals surface area contributed by atoms with Gasteiger partial charge in [0.2, 0.25) is 0 Å². The molecule has 0 aliphatic rings. The highest BCUT2D eigenvalue weighted by molar-refractivity contribution is 6.36. The molecule has 0 saturated heterocycles. The number of hydrogen-bond donors (Lipinski definition) is 1. The number of aromatic nitrogens is 1. The van der Waals surface area contributed by atoms with Gasteiger partial charge in [0.25, 0.3) is 0 Å². The maximum absolute atomic E-state index is 14.8. The molecule has 0 unspecified atom stereocenters. The van der Waals surface area contributed by atoms with E-state index in [1.165, 1.54) is 12.1 Å². The van der Waals surface area contributed by atoms with Crippen molar-refractivity contribution in [1.29, 1.82) is 0 Å². The number of carboxylic acids is 1. The summed E-state index contributed by atoms with van der Waals surface area (Å²) < 4.78 is 71.1. The monoisotopic (exact) mass is 479 g/mol. The van der Waals surface area contributed by atoms with Gasteiger partial charge in [-0.25, -0.2) is 13.6 Å². The molecule has 4 aromatic rings. The molecule has 33 heavy (non-hydrogen) atoms. The van der Waals surface area contributed by atoms with Gasteiger partial charge in [-0.05, 0) is 42.5 Å². The second-order valence-corrected chi connectivity index (χ2v) is 7.41. The van der Waals surface area contributed by atoms with E-state index in [4.69, 9.17) is 16.7 Å². The second-order valence-electron chi connectivity index (χ2n) is 7.01. The van der Waals surface area contributed by atoms with E-state index < -0.39 is 51.3 Å². The summed E-state index contributed by atoms with van der Waals surface area (Å²) in [4.78, 5) is 24.3. The van der Waals surface area contributed by atoms with Crippen LogP contribution in [0, 0.1) is 11.6 Å². The first-order chi connectivity index (χ1) is 15.5. The van der Waals surface area contributed by atoms with Crippen LogP contribution in [0.5, 0.6) is 0 Å². The molecule has 0 bridgehead atoms. The van der Waals surface area contributed by atoms with Gasteiger partial charge in [-0.2, -0.15) is 13.2 Å². The molecule has 0 aliphatic heterocycles. The molecular formula is C23H11ClF5NO3. The van der Waals surface area contributed by atoms with Gasteiger partial charge in [0.05, 0.1) is 38.5 Å². The van der Waals surface area contributed by atoms with E-state index in [0.717, 1.165) is 47.2 Å². The standard InChI is InChI=1S/C23H11ClF5NO3/c24-14-4-1-3-13(23(27,28)29)20(14)21(31)12-10-30(18-6-2-5-15(25)19(12)18)17-8-7-11(22(32)33)9-16(17)26/h1-10H,(H,32,33). The number of ketones is 1. The molecule has 3 aromatic carbocycles. The lowest BCUT2D eigenvalue weighted by molar-refractivity contribution is -0.137. The fourth-order valence-corrected chi connectivity index (χ4v) is 3.84. The van der Waals surface area contributed by atoms with E-state index in [-0.39, 0.29) is 22.2 Å². The van der Waals surface area contributed by atoms with Crippen LogP contribution in [0.1, 0.15) is 31.8 Å². The normalized spacial score (nSPS) is 11.7. The molecule has 1 N–H and O–H groups in total. The molecule has 0 fully saturated rings. The number of carbonyl (C=O) groups excluding carboxylic acids is 1. The highest BCUT2D eigenvalue weighted by atomic mass is 35.5. The Morgan fingerprint density at radius 2 is 1.64 bits per heavy atom. The van der Waals surface area contributed by atoms with Crippen LogP contribution in [-0.2, 0) is 6.18 Å². The number of fused-ring (bicyclic) bond motifs is 1. The lowest BCUT2D eigenvalue weighted by atomic mass is 9.97. The van der Waals surface area contributed by atoms with Gasteiger partial charge >= 0.3 is 12.1 Å². The fraction of sp³-hybridized carbons (Fsp3) is 0.0435. The molecule has 0 amide bonds. The van der Waals surface area contributed by atoms with Crippen molar-refractivity contribution in [3.8, 4) is 5.69 Å². The number of nitrogens with zero attached hydrogens (tertiary/aromatic N) is 1. The Balaban J connectivity index is 1.99. The smallest absolute Gasteiger partial charge is 0.417 e. The molecule has 168 valence electrons. The number of halogens is 6. The summed E-state index contributed by atoms with van der Waals surface area (Å²) in [5, 5.41) is 8.21. The first-order valence-corrected chi connectivity index (χ1v) is 9.61. The van der Waals surface area contributed by atoms with Crippen LogP contribution in [0.4, 0.5) is 22.0 Å². The lowest BCUT2D eigenvalue weighted by Crippen LogP contribution is -2.14. The summed E-state index contributed by atoms with van der Waals surface area (Å²) in [6, 6.07) is 9.38. The molecule has 0 radical (unpaired) electrons. The molecule has 4 nitrogen and oxygen atoms in total. The Labute approximate surface area is 187 Å². The predicted octanol–water partition coefficient (Wildman–Crippen LogP) is 6.51. The van der Waals surface area contributed by atoms with Crippen LogP contribution in [0.2, 0.25) is 5.02 Å². The molecular weight excluding hydrogens is 469 g/mol. The van der Waals surface area contributed by atoms with Crippen LogP contribution >= 0.6 is 11.6 Å². The van der Waals surface area contributed by atoms with Crippen molar-refractivity contribution in [3.63, 3.8) is 0 Å². The van der Waals surface area contributed by atoms with Gasteiger partial charge in [0, 0.05) is 11.6 Å².